The van der Waals surface area contributed by atoms with Crippen LogP contribution in [0, 0.1) is 6.92 Å². The van der Waals surface area contributed by atoms with Gasteiger partial charge in [-0.1, -0.05) is 6.07 Å². The van der Waals surface area contributed by atoms with Crippen LogP contribution in [0.1, 0.15) is 33.8 Å². The molecule has 6 nitrogen and oxygen atoms in total. The highest BCUT2D eigenvalue weighted by Crippen LogP contribution is 2.21. The largest absolute Gasteiger partial charge is 0.479 e. The minimum atomic E-state index is -1.09. The van der Waals surface area contributed by atoms with Crippen molar-refractivity contribution in [2.75, 3.05) is 0 Å². The normalized spacial score (nSPS) is 13.4. The second-order valence-electron chi connectivity index (χ2n) is 4.44. The molecule has 0 fully saturated rings. The van der Waals surface area contributed by atoms with E-state index in [9.17, 15) is 14.7 Å². The number of hydrogen-bond donors (Lipinski definition) is 3. The summed E-state index contributed by atoms with van der Waals surface area (Å²) in [6.45, 7) is 3.74. The zero-order valence-corrected chi connectivity index (χ0v) is 13.1. The summed E-state index contributed by atoms with van der Waals surface area (Å²) < 4.78 is 0. The molecule has 0 saturated carbocycles. The lowest BCUT2D eigenvalue weighted by molar-refractivity contribution is -0.139. The third-order valence-corrected chi connectivity index (χ3v) is 4.74. The molecule has 0 aromatic carbocycles. The van der Waals surface area contributed by atoms with Crippen LogP contribution >= 0.6 is 22.7 Å². The molecule has 2 heterocycles. The Kier molecular flexibility index (Phi) is 4.92. The molecular formula is C13H15N3O3S2. The number of carbonyl (C=O) groups is 2. The van der Waals surface area contributed by atoms with Crippen LogP contribution in [0.2, 0.25) is 0 Å². The second kappa shape index (κ2) is 6.68. The molecule has 3 N–H and O–H groups in total. The molecule has 0 aliphatic heterocycles. The smallest absolute Gasteiger partial charge is 0.331 e. The van der Waals surface area contributed by atoms with Gasteiger partial charge >= 0.3 is 12.0 Å². The number of carboxylic acid groups (broad SMARTS) is 1. The number of nitrogens with zero attached hydrogens (tertiary/aromatic N) is 1. The fraction of sp³-hybridized carbons (Fsp3) is 0.308. The zero-order valence-electron chi connectivity index (χ0n) is 11.5. The van der Waals surface area contributed by atoms with E-state index < -0.39 is 18.0 Å². The van der Waals surface area contributed by atoms with Crippen molar-refractivity contribution in [3.05, 3.63) is 38.5 Å². The Morgan fingerprint density at radius 1 is 1.38 bits per heavy atom. The number of hydrogen-bond acceptors (Lipinski definition) is 5. The molecule has 112 valence electrons. The summed E-state index contributed by atoms with van der Waals surface area (Å²) >= 11 is 2.78. The van der Waals surface area contributed by atoms with E-state index >= 15 is 0 Å². The first-order valence-electron chi connectivity index (χ1n) is 6.23. The van der Waals surface area contributed by atoms with Crippen molar-refractivity contribution >= 4 is 34.7 Å². The van der Waals surface area contributed by atoms with E-state index in [4.69, 9.17) is 0 Å². The average molecular weight is 325 g/mol. The van der Waals surface area contributed by atoms with Gasteiger partial charge in [0.15, 0.2) is 6.04 Å². The van der Waals surface area contributed by atoms with Crippen molar-refractivity contribution < 1.29 is 14.7 Å². The minimum Gasteiger partial charge on any atom is -0.479 e. The number of urea groups is 1. The minimum absolute atomic E-state index is 0.276. The monoisotopic (exact) mass is 325 g/mol. The average Bonchev–Trinajstić information content (AvgIpc) is 3.06. The molecule has 0 aliphatic carbocycles. The van der Waals surface area contributed by atoms with Crippen LogP contribution < -0.4 is 10.6 Å². The van der Waals surface area contributed by atoms with E-state index in [2.05, 4.69) is 15.6 Å². The molecular weight excluding hydrogens is 310 g/mol. The van der Waals surface area contributed by atoms with Crippen LogP contribution in [0.25, 0.3) is 0 Å². The number of aryl methyl sites for hydroxylation is 1. The number of aromatic nitrogens is 1. The highest BCUT2D eigenvalue weighted by Gasteiger charge is 2.24. The highest BCUT2D eigenvalue weighted by atomic mass is 32.1. The standard InChI is InChI=1S/C13H15N3O3S2/c1-7-6-14-11(21-7)8(2)15-13(19)16-10(12(17)18)9-4-3-5-20-9/h3-6,8,10H,1-2H3,(H,17,18)(H2,15,16,19). The maximum absolute atomic E-state index is 11.9. The summed E-state index contributed by atoms with van der Waals surface area (Å²) in [5, 5.41) is 16.9. The SMILES string of the molecule is Cc1cnc(C(C)NC(=O)NC(C(=O)O)c2cccs2)s1. The van der Waals surface area contributed by atoms with Gasteiger partial charge in [0.25, 0.3) is 0 Å². The van der Waals surface area contributed by atoms with Crippen LogP contribution in [0.5, 0.6) is 0 Å². The Morgan fingerprint density at radius 3 is 2.67 bits per heavy atom. The van der Waals surface area contributed by atoms with Crippen molar-refractivity contribution in [3.8, 4) is 0 Å². The van der Waals surface area contributed by atoms with Gasteiger partial charge in [-0.2, -0.15) is 0 Å². The number of carboxylic acids is 1. The van der Waals surface area contributed by atoms with E-state index in [0.29, 0.717) is 4.88 Å². The molecule has 0 spiro atoms. The first-order chi connectivity index (χ1) is 9.97. The van der Waals surface area contributed by atoms with Crippen LogP contribution in [-0.4, -0.2) is 22.1 Å². The van der Waals surface area contributed by atoms with Crippen LogP contribution in [0.4, 0.5) is 4.79 Å². The first-order valence-corrected chi connectivity index (χ1v) is 7.92. The first kappa shape index (κ1) is 15.5. The summed E-state index contributed by atoms with van der Waals surface area (Å²) in [5.74, 6) is -1.09. The van der Waals surface area contributed by atoms with Gasteiger partial charge in [-0.15, -0.1) is 22.7 Å². The molecule has 2 aromatic rings. The zero-order chi connectivity index (χ0) is 15.4. The fourth-order valence-electron chi connectivity index (χ4n) is 1.71. The van der Waals surface area contributed by atoms with Crippen LogP contribution in [0.15, 0.2) is 23.7 Å². The van der Waals surface area contributed by atoms with Gasteiger partial charge in [0.05, 0.1) is 6.04 Å². The van der Waals surface area contributed by atoms with Gasteiger partial charge in [0.2, 0.25) is 0 Å². The molecule has 0 radical (unpaired) electrons. The Balaban J connectivity index is 1.98. The lowest BCUT2D eigenvalue weighted by Gasteiger charge is -2.16. The van der Waals surface area contributed by atoms with Crippen molar-refractivity contribution in [1.82, 2.24) is 15.6 Å². The van der Waals surface area contributed by atoms with E-state index in [1.54, 1.807) is 30.6 Å². The molecule has 8 heteroatoms. The van der Waals surface area contributed by atoms with Crippen molar-refractivity contribution in [2.45, 2.75) is 25.9 Å². The van der Waals surface area contributed by atoms with Gasteiger partial charge in [-0.05, 0) is 25.3 Å². The van der Waals surface area contributed by atoms with Gasteiger partial charge in [-0.25, -0.2) is 14.6 Å². The predicted octanol–water partition coefficient (Wildman–Crippen LogP) is 2.70. The summed E-state index contributed by atoms with van der Waals surface area (Å²) in [6.07, 6.45) is 1.74. The molecule has 0 bridgehead atoms. The molecule has 2 atom stereocenters. The summed E-state index contributed by atoms with van der Waals surface area (Å²) in [7, 11) is 0. The number of nitrogens with one attached hydrogen (secondary N) is 2. The Morgan fingerprint density at radius 2 is 2.14 bits per heavy atom. The number of rotatable bonds is 5. The number of carbonyl (C=O) groups excluding carboxylic acids is 1. The molecule has 2 rings (SSSR count). The van der Waals surface area contributed by atoms with E-state index in [0.717, 1.165) is 9.88 Å². The van der Waals surface area contributed by atoms with Gasteiger partial charge in [0.1, 0.15) is 5.01 Å². The molecule has 2 unspecified atom stereocenters. The van der Waals surface area contributed by atoms with Crippen LogP contribution in [-0.2, 0) is 4.79 Å². The Hall–Kier alpha value is -1.93. The Bertz CT molecular complexity index is 624. The third-order valence-electron chi connectivity index (χ3n) is 2.71. The van der Waals surface area contributed by atoms with E-state index in [1.807, 2.05) is 6.92 Å². The fourth-order valence-corrected chi connectivity index (χ4v) is 3.26. The summed E-state index contributed by atoms with van der Waals surface area (Å²) in [6, 6.07) is 1.57. The molecule has 2 aromatic heterocycles. The van der Waals surface area contributed by atoms with E-state index in [1.165, 1.54) is 22.7 Å². The molecule has 0 aliphatic rings. The van der Waals surface area contributed by atoms with Crippen molar-refractivity contribution in [1.29, 1.82) is 0 Å². The van der Waals surface area contributed by atoms with Crippen molar-refractivity contribution in [2.24, 2.45) is 0 Å². The highest BCUT2D eigenvalue weighted by molar-refractivity contribution is 7.11. The summed E-state index contributed by atoms with van der Waals surface area (Å²) in [4.78, 5) is 29.0. The quantitative estimate of drug-likeness (QED) is 0.788. The lowest BCUT2D eigenvalue weighted by Crippen LogP contribution is -2.41. The molecule has 2 amide bonds. The third kappa shape index (κ3) is 4.02. The van der Waals surface area contributed by atoms with Gasteiger partial charge < -0.3 is 15.7 Å². The van der Waals surface area contributed by atoms with E-state index in [-0.39, 0.29) is 6.04 Å². The predicted molar refractivity (Wildman–Crippen MR) is 81.6 cm³/mol. The molecule has 0 saturated heterocycles. The second-order valence-corrected chi connectivity index (χ2v) is 6.68. The van der Waals surface area contributed by atoms with Gasteiger partial charge in [-0.3, -0.25) is 0 Å². The van der Waals surface area contributed by atoms with Gasteiger partial charge in [0, 0.05) is 16.0 Å². The summed E-state index contributed by atoms with van der Waals surface area (Å²) in [5.41, 5.74) is 0. The lowest BCUT2D eigenvalue weighted by atomic mass is 10.2. The topological polar surface area (TPSA) is 91.3 Å². The number of amides is 2. The number of thiazole rings is 1. The van der Waals surface area contributed by atoms with Crippen molar-refractivity contribution in [3.63, 3.8) is 0 Å². The number of thiophene rings is 1. The maximum atomic E-state index is 11.9. The molecule has 21 heavy (non-hydrogen) atoms. The van der Waals surface area contributed by atoms with Crippen LogP contribution in [0.3, 0.4) is 0 Å². The Labute approximate surface area is 129 Å². The maximum Gasteiger partial charge on any atom is 0.331 e. The number of aliphatic carboxylic acids is 1.